The smallest absolute Gasteiger partial charge is 0.264 e. The number of carbonyl (C=O) groups is 1. The normalized spacial score (nSPS) is 14.4. The van der Waals surface area contributed by atoms with E-state index < -0.39 is 18.3 Å². The number of imidazole rings is 1. The van der Waals surface area contributed by atoms with Crippen LogP contribution in [-0.2, 0) is 13.0 Å². The first-order chi connectivity index (χ1) is 15.8. The van der Waals surface area contributed by atoms with Crippen molar-refractivity contribution in [3.8, 4) is 5.75 Å². The Hall–Kier alpha value is -3.56. The molecule has 0 saturated heterocycles. The van der Waals surface area contributed by atoms with E-state index in [-0.39, 0.29) is 42.3 Å². The lowest BCUT2D eigenvalue weighted by Gasteiger charge is -2.34. The van der Waals surface area contributed by atoms with E-state index in [2.05, 4.69) is 15.3 Å². The van der Waals surface area contributed by atoms with E-state index in [1.165, 1.54) is 19.2 Å². The van der Waals surface area contributed by atoms with Crippen LogP contribution >= 0.6 is 0 Å². The number of amides is 1. The van der Waals surface area contributed by atoms with E-state index in [9.17, 15) is 18.0 Å². The first-order valence-corrected chi connectivity index (χ1v) is 10.5. The average Bonchev–Trinajstić information content (AvgIpc) is 3.26. The number of methoxy groups -OCH3 is 1. The third kappa shape index (κ3) is 4.24. The van der Waals surface area contributed by atoms with Crippen molar-refractivity contribution >= 4 is 11.9 Å². The first-order valence-electron chi connectivity index (χ1n) is 10.5. The fourth-order valence-corrected chi connectivity index (χ4v) is 4.21. The van der Waals surface area contributed by atoms with Gasteiger partial charge in [0.15, 0.2) is 11.6 Å². The highest BCUT2D eigenvalue weighted by Crippen LogP contribution is 2.34. The summed E-state index contributed by atoms with van der Waals surface area (Å²) in [6.45, 7) is 2.30. The number of nitrogens with one attached hydrogen (secondary N) is 1. The summed E-state index contributed by atoms with van der Waals surface area (Å²) >= 11 is 0. The zero-order chi connectivity index (χ0) is 23.7. The van der Waals surface area contributed by atoms with Crippen molar-refractivity contribution in [2.24, 2.45) is 0 Å². The van der Waals surface area contributed by atoms with Crippen LogP contribution in [0.3, 0.4) is 0 Å². The molecular weight excluding hydrogens is 435 g/mol. The third-order valence-electron chi connectivity index (χ3n) is 5.92. The number of alkyl halides is 2. The van der Waals surface area contributed by atoms with E-state index in [1.807, 2.05) is 0 Å². The molecule has 1 aliphatic heterocycles. The molecule has 10 heteroatoms. The molecule has 0 aliphatic carbocycles. The van der Waals surface area contributed by atoms with Gasteiger partial charge in [0.25, 0.3) is 12.3 Å². The van der Waals surface area contributed by atoms with Crippen LogP contribution in [0, 0.1) is 5.82 Å². The Morgan fingerprint density at radius 1 is 1.24 bits per heavy atom. The molecule has 0 bridgehead atoms. The molecule has 2 aromatic heterocycles. The molecule has 1 amide bonds. The Bertz CT molecular complexity index is 1180. The number of anilines is 1. The van der Waals surface area contributed by atoms with E-state index in [0.29, 0.717) is 22.8 Å². The van der Waals surface area contributed by atoms with Crippen molar-refractivity contribution in [2.45, 2.75) is 32.4 Å². The largest absolute Gasteiger partial charge is 0.494 e. The quantitative estimate of drug-likeness (QED) is 0.573. The maximum Gasteiger partial charge on any atom is 0.264 e. The molecule has 174 valence electrons. The van der Waals surface area contributed by atoms with Crippen LogP contribution in [0.2, 0.25) is 0 Å². The van der Waals surface area contributed by atoms with Gasteiger partial charge >= 0.3 is 0 Å². The molecule has 3 aromatic rings. The van der Waals surface area contributed by atoms with E-state index in [0.717, 1.165) is 6.20 Å². The number of halogens is 3. The molecule has 1 aliphatic rings. The monoisotopic (exact) mass is 459 g/mol. The van der Waals surface area contributed by atoms with Crippen molar-refractivity contribution in [3.05, 3.63) is 70.6 Å². The Kier molecular flexibility index (Phi) is 6.26. The van der Waals surface area contributed by atoms with Gasteiger partial charge in [-0.3, -0.25) is 9.78 Å². The topological polar surface area (TPSA) is 72.3 Å². The molecule has 0 saturated carbocycles. The van der Waals surface area contributed by atoms with Gasteiger partial charge in [-0.2, -0.15) is 0 Å². The number of hydrogen-bond donors (Lipinski definition) is 1. The Morgan fingerprint density at radius 2 is 2.03 bits per heavy atom. The second-order valence-electron chi connectivity index (χ2n) is 7.81. The predicted molar refractivity (Wildman–Crippen MR) is 116 cm³/mol. The maximum atomic E-state index is 13.9. The summed E-state index contributed by atoms with van der Waals surface area (Å²) in [6.07, 6.45) is 1.97. The molecule has 4 rings (SSSR count). The van der Waals surface area contributed by atoms with Crippen LogP contribution in [-0.4, -0.2) is 46.0 Å². The number of nitrogens with zero attached hydrogens (tertiary/aromatic N) is 4. The number of ether oxygens (including phenoxy) is 1. The van der Waals surface area contributed by atoms with Crippen LogP contribution in [0.15, 0.2) is 36.8 Å². The number of fused-ring (bicyclic) bond motifs is 1. The molecule has 33 heavy (non-hydrogen) atoms. The Labute approximate surface area is 189 Å². The second-order valence-corrected chi connectivity index (χ2v) is 7.81. The summed E-state index contributed by atoms with van der Waals surface area (Å²) in [5.41, 5.74) is 1.51. The zero-order valence-electron chi connectivity index (χ0n) is 18.5. The highest BCUT2D eigenvalue weighted by Gasteiger charge is 2.33. The minimum Gasteiger partial charge on any atom is -0.494 e. The van der Waals surface area contributed by atoms with Gasteiger partial charge in [0.2, 0.25) is 5.95 Å². The Morgan fingerprint density at radius 3 is 2.73 bits per heavy atom. The van der Waals surface area contributed by atoms with Gasteiger partial charge in [-0.05, 0) is 36.6 Å². The van der Waals surface area contributed by atoms with Gasteiger partial charge in [-0.1, -0.05) is 0 Å². The Balaban J connectivity index is 1.69. The molecule has 1 aromatic carbocycles. The van der Waals surface area contributed by atoms with Crippen LogP contribution in [0.4, 0.5) is 19.1 Å². The number of benzene rings is 1. The fourth-order valence-electron chi connectivity index (χ4n) is 4.21. The van der Waals surface area contributed by atoms with Gasteiger partial charge in [0.1, 0.15) is 0 Å². The lowest BCUT2D eigenvalue weighted by molar-refractivity contribution is 0.0665. The lowest BCUT2D eigenvalue weighted by Crippen LogP contribution is -2.40. The molecule has 7 nitrogen and oxygen atoms in total. The minimum atomic E-state index is -2.70. The van der Waals surface area contributed by atoms with Gasteiger partial charge in [-0.15, -0.1) is 0 Å². The van der Waals surface area contributed by atoms with Gasteiger partial charge in [-0.25, -0.2) is 18.2 Å². The molecular formula is C23H24F3N5O2. The van der Waals surface area contributed by atoms with Gasteiger partial charge < -0.3 is 19.5 Å². The summed E-state index contributed by atoms with van der Waals surface area (Å²) in [6, 6.07) is 4.08. The second kappa shape index (κ2) is 9.13. The highest BCUT2D eigenvalue weighted by atomic mass is 19.3. The molecule has 1 N–H and O–H groups in total. The third-order valence-corrected chi connectivity index (χ3v) is 5.92. The molecule has 0 spiro atoms. The first kappa shape index (κ1) is 22.6. The van der Waals surface area contributed by atoms with Gasteiger partial charge in [0, 0.05) is 43.2 Å². The van der Waals surface area contributed by atoms with Crippen molar-refractivity contribution in [2.75, 3.05) is 26.0 Å². The molecule has 1 unspecified atom stereocenters. The molecule has 3 heterocycles. The summed E-state index contributed by atoms with van der Waals surface area (Å²) in [5, 5.41) is 2.94. The highest BCUT2D eigenvalue weighted by molar-refractivity contribution is 5.97. The summed E-state index contributed by atoms with van der Waals surface area (Å²) in [7, 11) is 3.07. The predicted octanol–water partition coefficient (Wildman–Crippen LogP) is 4.21. The lowest BCUT2D eigenvalue weighted by atomic mass is 9.90. The average molecular weight is 459 g/mol. The zero-order valence-corrected chi connectivity index (χ0v) is 18.5. The number of hydrogen-bond acceptors (Lipinski definition) is 5. The summed E-state index contributed by atoms with van der Waals surface area (Å²) in [4.78, 5) is 23.3. The molecule has 1 atom stereocenters. The molecule has 0 fully saturated rings. The summed E-state index contributed by atoms with van der Waals surface area (Å²) < 4.78 is 48.4. The van der Waals surface area contributed by atoms with Gasteiger partial charge in [0.05, 0.1) is 31.6 Å². The standard InChI is InChI=1S/C23H24F3N5O2/c1-13(19-10-20(33-3)18(24)11-29-19)31-6-4-15-16(21(25)26)8-14(9-17(15)22(31)32)12-30-7-5-28-23(30)27-2/h5,7-11,13,21H,4,6,12H2,1-3H3,(H,27,28). The number of rotatable bonds is 7. The van der Waals surface area contributed by atoms with Crippen LogP contribution in [0.25, 0.3) is 0 Å². The maximum absolute atomic E-state index is 13.9. The van der Waals surface area contributed by atoms with Crippen LogP contribution in [0.1, 0.15) is 52.1 Å². The SMILES string of the molecule is CNc1nccn1Cc1cc2c(c(C(F)F)c1)CCN(C(C)c1cc(OC)c(F)cn1)C2=O. The van der Waals surface area contributed by atoms with E-state index in [1.54, 1.807) is 41.9 Å². The number of carbonyl (C=O) groups excluding carboxylic acids is 1. The van der Waals surface area contributed by atoms with Crippen molar-refractivity contribution < 1.29 is 22.7 Å². The van der Waals surface area contributed by atoms with Crippen molar-refractivity contribution in [1.29, 1.82) is 0 Å². The fraction of sp³-hybridized carbons (Fsp3) is 0.348. The minimum absolute atomic E-state index is 0.0275. The van der Waals surface area contributed by atoms with E-state index in [4.69, 9.17) is 4.74 Å². The summed E-state index contributed by atoms with van der Waals surface area (Å²) in [5.74, 6) is -0.351. The van der Waals surface area contributed by atoms with E-state index >= 15 is 0 Å². The van der Waals surface area contributed by atoms with Crippen LogP contribution in [0.5, 0.6) is 5.75 Å². The molecule has 0 radical (unpaired) electrons. The van der Waals surface area contributed by atoms with Crippen molar-refractivity contribution in [1.82, 2.24) is 19.4 Å². The number of pyridine rings is 1. The van der Waals surface area contributed by atoms with Crippen LogP contribution < -0.4 is 10.1 Å². The number of aromatic nitrogens is 3. The van der Waals surface area contributed by atoms with Crippen molar-refractivity contribution in [3.63, 3.8) is 0 Å².